The minimum absolute atomic E-state index is 0.000888. The molecule has 0 spiro atoms. The molecule has 6 heteroatoms. The van der Waals surface area contributed by atoms with Crippen molar-refractivity contribution in [2.45, 2.75) is 18.9 Å². The van der Waals surface area contributed by atoms with E-state index in [0.717, 1.165) is 12.8 Å². The standard InChI is InChI=1S/C14H15ClN2O3/c1-20-12-5-4-9(7-10(12)15)17-8-13(18)16-6-2-3-11(16)14(17)19/h4-5,7,11H,2-3,6,8H2,1H3. The second-order valence-corrected chi connectivity index (χ2v) is 5.40. The molecule has 2 amide bonds. The van der Waals surface area contributed by atoms with Crippen molar-refractivity contribution in [3.8, 4) is 5.75 Å². The number of ether oxygens (including phenoxy) is 1. The average molecular weight is 295 g/mol. The minimum Gasteiger partial charge on any atom is -0.495 e. The van der Waals surface area contributed by atoms with Crippen LogP contribution in [0, 0.1) is 0 Å². The summed E-state index contributed by atoms with van der Waals surface area (Å²) in [4.78, 5) is 27.8. The van der Waals surface area contributed by atoms with Gasteiger partial charge in [-0.25, -0.2) is 0 Å². The zero-order valence-electron chi connectivity index (χ0n) is 11.1. The molecule has 2 fully saturated rings. The van der Waals surface area contributed by atoms with E-state index in [1.807, 2.05) is 0 Å². The molecule has 20 heavy (non-hydrogen) atoms. The summed E-state index contributed by atoms with van der Waals surface area (Å²) in [6.45, 7) is 0.768. The van der Waals surface area contributed by atoms with Gasteiger partial charge in [-0.1, -0.05) is 11.6 Å². The molecule has 106 valence electrons. The van der Waals surface area contributed by atoms with Crippen LogP contribution in [0.3, 0.4) is 0 Å². The third kappa shape index (κ3) is 2.02. The predicted octanol–water partition coefficient (Wildman–Crippen LogP) is 1.69. The van der Waals surface area contributed by atoms with Crippen LogP contribution in [0.4, 0.5) is 5.69 Å². The summed E-state index contributed by atoms with van der Waals surface area (Å²) in [7, 11) is 1.53. The Labute approximate surface area is 122 Å². The van der Waals surface area contributed by atoms with Gasteiger partial charge in [0.1, 0.15) is 18.3 Å². The van der Waals surface area contributed by atoms with Crippen molar-refractivity contribution in [2.24, 2.45) is 0 Å². The zero-order chi connectivity index (χ0) is 14.3. The van der Waals surface area contributed by atoms with Crippen LogP contribution in [-0.2, 0) is 9.59 Å². The molecule has 0 N–H and O–H groups in total. The van der Waals surface area contributed by atoms with Gasteiger partial charge in [0.25, 0.3) is 0 Å². The Morgan fingerprint density at radius 1 is 1.35 bits per heavy atom. The second kappa shape index (κ2) is 4.98. The van der Waals surface area contributed by atoms with Gasteiger partial charge in [0, 0.05) is 12.2 Å². The SMILES string of the molecule is COc1ccc(N2CC(=O)N3CCCC3C2=O)cc1Cl. The molecule has 0 aliphatic carbocycles. The highest BCUT2D eigenvalue weighted by atomic mass is 35.5. The molecule has 2 saturated heterocycles. The Morgan fingerprint density at radius 3 is 2.85 bits per heavy atom. The van der Waals surface area contributed by atoms with Gasteiger partial charge in [0.05, 0.1) is 12.1 Å². The molecule has 1 aromatic carbocycles. The number of nitrogens with zero attached hydrogens (tertiary/aromatic N) is 2. The van der Waals surface area contributed by atoms with Crippen LogP contribution in [-0.4, -0.2) is 43.0 Å². The highest BCUT2D eigenvalue weighted by Gasteiger charge is 2.42. The largest absolute Gasteiger partial charge is 0.495 e. The van der Waals surface area contributed by atoms with Crippen molar-refractivity contribution in [3.05, 3.63) is 23.2 Å². The number of halogens is 1. The molecule has 1 unspecified atom stereocenters. The lowest BCUT2D eigenvalue weighted by Crippen LogP contribution is -2.57. The fraction of sp³-hybridized carbons (Fsp3) is 0.429. The molecule has 3 rings (SSSR count). The zero-order valence-corrected chi connectivity index (χ0v) is 11.9. The normalized spacial score (nSPS) is 22.2. The summed E-state index contributed by atoms with van der Waals surface area (Å²) < 4.78 is 5.09. The summed E-state index contributed by atoms with van der Waals surface area (Å²) in [6.07, 6.45) is 1.63. The Kier molecular flexibility index (Phi) is 3.30. The van der Waals surface area contributed by atoms with E-state index in [-0.39, 0.29) is 24.4 Å². The van der Waals surface area contributed by atoms with E-state index in [1.54, 1.807) is 23.1 Å². The molecule has 1 aromatic rings. The molecule has 0 bridgehead atoms. The Bertz CT molecular complexity index is 576. The van der Waals surface area contributed by atoms with E-state index in [1.165, 1.54) is 12.0 Å². The van der Waals surface area contributed by atoms with Gasteiger partial charge in [-0.2, -0.15) is 0 Å². The van der Waals surface area contributed by atoms with Crippen LogP contribution in [0.1, 0.15) is 12.8 Å². The van der Waals surface area contributed by atoms with E-state index in [9.17, 15) is 9.59 Å². The van der Waals surface area contributed by atoms with E-state index < -0.39 is 0 Å². The summed E-state index contributed by atoms with van der Waals surface area (Å²) in [5, 5.41) is 0.430. The third-order valence-electron chi connectivity index (χ3n) is 3.86. The van der Waals surface area contributed by atoms with Gasteiger partial charge >= 0.3 is 0 Å². The molecule has 2 heterocycles. The van der Waals surface area contributed by atoms with E-state index in [4.69, 9.17) is 16.3 Å². The van der Waals surface area contributed by atoms with Crippen LogP contribution in [0.2, 0.25) is 5.02 Å². The molecule has 0 aromatic heterocycles. The summed E-state index contributed by atoms with van der Waals surface area (Å²) in [6, 6.07) is 4.81. The van der Waals surface area contributed by atoms with Crippen LogP contribution in [0.15, 0.2) is 18.2 Å². The lowest BCUT2D eigenvalue weighted by Gasteiger charge is -2.36. The number of piperazine rings is 1. The maximum absolute atomic E-state index is 12.5. The van der Waals surface area contributed by atoms with E-state index >= 15 is 0 Å². The van der Waals surface area contributed by atoms with Gasteiger partial charge in [0.2, 0.25) is 11.8 Å². The van der Waals surface area contributed by atoms with Gasteiger partial charge in [-0.3, -0.25) is 9.59 Å². The van der Waals surface area contributed by atoms with Gasteiger partial charge in [0.15, 0.2) is 0 Å². The quantitative estimate of drug-likeness (QED) is 0.834. The maximum Gasteiger partial charge on any atom is 0.250 e. The molecule has 5 nitrogen and oxygen atoms in total. The highest BCUT2D eigenvalue weighted by molar-refractivity contribution is 6.32. The average Bonchev–Trinajstić information content (AvgIpc) is 2.93. The first-order chi connectivity index (χ1) is 9.61. The number of hydrogen-bond donors (Lipinski definition) is 0. The number of amides is 2. The number of methoxy groups -OCH3 is 1. The molecule has 2 aliphatic rings. The van der Waals surface area contributed by atoms with Crippen molar-refractivity contribution in [2.75, 3.05) is 25.1 Å². The maximum atomic E-state index is 12.5. The lowest BCUT2D eigenvalue weighted by atomic mass is 10.1. The van der Waals surface area contributed by atoms with Crippen molar-refractivity contribution in [1.82, 2.24) is 4.90 Å². The first kappa shape index (κ1) is 13.2. The molecule has 0 radical (unpaired) electrons. The third-order valence-corrected chi connectivity index (χ3v) is 4.16. The number of rotatable bonds is 2. The molecule has 2 aliphatic heterocycles. The Hall–Kier alpha value is -1.75. The lowest BCUT2D eigenvalue weighted by molar-refractivity contribution is -0.140. The van der Waals surface area contributed by atoms with Crippen LogP contribution in [0.5, 0.6) is 5.75 Å². The molecular weight excluding hydrogens is 280 g/mol. The Balaban J connectivity index is 1.91. The van der Waals surface area contributed by atoms with Gasteiger partial charge in [-0.15, -0.1) is 0 Å². The van der Waals surface area contributed by atoms with Crippen molar-refractivity contribution in [3.63, 3.8) is 0 Å². The van der Waals surface area contributed by atoms with Crippen molar-refractivity contribution >= 4 is 29.1 Å². The minimum atomic E-state index is -0.308. The summed E-state index contributed by atoms with van der Waals surface area (Å²) >= 11 is 6.09. The number of anilines is 1. The highest BCUT2D eigenvalue weighted by Crippen LogP contribution is 2.32. The fourth-order valence-electron chi connectivity index (χ4n) is 2.85. The number of carbonyl (C=O) groups excluding carboxylic acids is 2. The van der Waals surface area contributed by atoms with E-state index in [0.29, 0.717) is 23.0 Å². The first-order valence-electron chi connectivity index (χ1n) is 6.56. The van der Waals surface area contributed by atoms with Crippen molar-refractivity contribution in [1.29, 1.82) is 0 Å². The number of fused-ring (bicyclic) bond motifs is 1. The predicted molar refractivity (Wildman–Crippen MR) is 75.1 cm³/mol. The van der Waals surface area contributed by atoms with Crippen LogP contribution < -0.4 is 9.64 Å². The smallest absolute Gasteiger partial charge is 0.250 e. The van der Waals surface area contributed by atoms with Crippen LogP contribution >= 0.6 is 11.6 Å². The summed E-state index contributed by atoms with van der Waals surface area (Å²) in [5.41, 5.74) is 0.640. The second-order valence-electron chi connectivity index (χ2n) is 4.99. The Morgan fingerprint density at radius 2 is 2.15 bits per heavy atom. The van der Waals surface area contributed by atoms with E-state index in [2.05, 4.69) is 0 Å². The monoisotopic (exact) mass is 294 g/mol. The van der Waals surface area contributed by atoms with Crippen LogP contribution in [0.25, 0.3) is 0 Å². The topological polar surface area (TPSA) is 49.9 Å². The molecular formula is C14H15ClN2O3. The number of benzene rings is 1. The molecule has 0 saturated carbocycles. The van der Waals surface area contributed by atoms with Crippen molar-refractivity contribution < 1.29 is 14.3 Å². The number of hydrogen-bond acceptors (Lipinski definition) is 3. The number of carbonyl (C=O) groups is 2. The fourth-order valence-corrected chi connectivity index (χ4v) is 3.10. The van der Waals surface area contributed by atoms with Gasteiger partial charge < -0.3 is 14.5 Å². The first-order valence-corrected chi connectivity index (χ1v) is 6.94. The molecule has 1 atom stereocenters. The van der Waals surface area contributed by atoms with Gasteiger partial charge in [-0.05, 0) is 31.0 Å². The summed E-state index contributed by atoms with van der Waals surface area (Å²) in [5.74, 6) is 0.524.